The molecule has 3 atom stereocenters. The van der Waals surface area contributed by atoms with Gasteiger partial charge in [0.1, 0.15) is 5.76 Å². The summed E-state index contributed by atoms with van der Waals surface area (Å²) in [6.45, 7) is 0. The monoisotopic (exact) mass is 470 g/mol. The van der Waals surface area contributed by atoms with E-state index in [-0.39, 0.29) is 11.3 Å². The first kappa shape index (κ1) is 22.3. The van der Waals surface area contributed by atoms with Crippen LogP contribution < -0.4 is 9.80 Å². The normalized spacial score (nSPS) is 29.5. The van der Waals surface area contributed by atoms with E-state index in [4.69, 9.17) is 4.74 Å². The minimum atomic E-state index is -3.56. The number of Topliss-reactive ketones (excluding diaryl/α,β-unsaturated/α-hetero) is 1. The topological polar surface area (TPSA) is 32.8 Å². The van der Waals surface area contributed by atoms with Gasteiger partial charge in [-0.15, -0.1) is 0 Å². The van der Waals surface area contributed by atoms with Crippen LogP contribution in [-0.2, 0) is 9.53 Å². The van der Waals surface area contributed by atoms with Gasteiger partial charge in [-0.1, -0.05) is 12.1 Å². The molecule has 34 heavy (non-hydrogen) atoms. The molecule has 0 radical (unpaired) electrons. The molecule has 5 rings (SSSR count). The van der Waals surface area contributed by atoms with Crippen LogP contribution in [0.2, 0.25) is 0 Å². The second-order valence-electron chi connectivity index (χ2n) is 9.07. The second-order valence-corrected chi connectivity index (χ2v) is 9.07. The number of alkyl halides is 3. The van der Waals surface area contributed by atoms with Crippen LogP contribution in [0, 0.1) is 0 Å². The van der Waals surface area contributed by atoms with E-state index in [1.807, 2.05) is 19.0 Å². The van der Waals surface area contributed by atoms with Crippen molar-refractivity contribution in [1.82, 2.24) is 0 Å². The Labute approximate surface area is 194 Å². The molecular weight excluding hydrogens is 448 g/mol. The zero-order valence-corrected chi connectivity index (χ0v) is 19.0. The molecule has 0 aromatic heterocycles. The molecule has 0 fully saturated rings. The summed E-state index contributed by atoms with van der Waals surface area (Å²) in [6.07, 6.45) is 1.62. The molecule has 8 heteroatoms. The quantitative estimate of drug-likeness (QED) is 0.577. The number of halogens is 4. The fourth-order valence-electron chi connectivity index (χ4n) is 4.61. The Balaban J connectivity index is 1.56. The highest BCUT2D eigenvalue weighted by molar-refractivity contribution is 6.17. The Bertz CT molecular complexity index is 1300. The lowest BCUT2D eigenvalue weighted by Crippen LogP contribution is -2.72. The molecule has 0 spiro atoms. The molecule has 0 saturated carbocycles. The summed E-state index contributed by atoms with van der Waals surface area (Å²) >= 11 is 0. The Morgan fingerprint density at radius 2 is 1.29 bits per heavy atom. The number of carbonyl (C=O) groups is 1. The van der Waals surface area contributed by atoms with Crippen molar-refractivity contribution in [2.45, 2.75) is 17.2 Å². The van der Waals surface area contributed by atoms with E-state index in [0.29, 0.717) is 11.6 Å². The van der Waals surface area contributed by atoms with Gasteiger partial charge in [-0.25, -0.2) is 13.2 Å². The molecule has 2 aromatic carbocycles. The van der Waals surface area contributed by atoms with Gasteiger partial charge in [0.05, 0.1) is 5.57 Å². The van der Waals surface area contributed by atoms with Crippen molar-refractivity contribution in [3.05, 3.63) is 83.2 Å². The molecule has 0 bridgehead atoms. The minimum Gasteiger partial charge on any atom is -0.450 e. The summed E-state index contributed by atoms with van der Waals surface area (Å²) in [4.78, 5) is 16.4. The van der Waals surface area contributed by atoms with Gasteiger partial charge >= 0.3 is 5.85 Å². The number of ether oxygens (including phenoxy) is 1. The van der Waals surface area contributed by atoms with Gasteiger partial charge in [0.2, 0.25) is 17.1 Å². The van der Waals surface area contributed by atoms with Crippen molar-refractivity contribution >= 4 is 28.5 Å². The average molecular weight is 470 g/mol. The summed E-state index contributed by atoms with van der Waals surface area (Å²) < 4.78 is 68.7. The van der Waals surface area contributed by atoms with Crippen LogP contribution in [0.4, 0.5) is 28.9 Å². The summed E-state index contributed by atoms with van der Waals surface area (Å²) in [7, 11) is 7.27. The number of hydrogen-bond acceptors (Lipinski definition) is 4. The first-order valence-corrected chi connectivity index (χ1v) is 10.7. The van der Waals surface area contributed by atoms with E-state index in [1.165, 1.54) is 12.1 Å². The maximum atomic E-state index is 16.1. The molecule has 3 aliphatic rings. The number of carbonyl (C=O) groups excluding carboxylic acids is 1. The number of rotatable bonds is 4. The van der Waals surface area contributed by atoms with E-state index < -0.39 is 39.9 Å². The number of hydrogen-bond donors (Lipinski definition) is 0. The van der Waals surface area contributed by atoms with E-state index >= 15 is 17.6 Å². The van der Waals surface area contributed by atoms with Crippen LogP contribution in [0.25, 0.3) is 11.3 Å². The van der Waals surface area contributed by atoms with E-state index in [9.17, 15) is 4.79 Å². The number of ketones is 1. The van der Waals surface area contributed by atoms with Gasteiger partial charge in [0.15, 0.2) is 5.83 Å². The number of nitrogens with zero attached hydrogens (tertiary/aromatic N) is 2. The maximum Gasteiger partial charge on any atom is 0.318 e. The Kier molecular flexibility index (Phi) is 4.57. The zero-order valence-electron chi connectivity index (χ0n) is 19.0. The van der Waals surface area contributed by atoms with Crippen molar-refractivity contribution in [1.29, 1.82) is 0 Å². The third-order valence-electron chi connectivity index (χ3n) is 6.67. The molecule has 176 valence electrons. The molecular formula is C26H22F4N2O2. The van der Waals surface area contributed by atoms with Crippen molar-refractivity contribution < 1.29 is 27.1 Å². The largest absolute Gasteiger partial charge is 0.450 e. The lowest BCUT2D eigenvalue weighted by atomic mass is 9.57. The lowest BCUT2D eigenvalue weighted by Gasteiger charge is -2.52. The van der Waals surface area contributed by atoms with Gasteiger partial charge in [0, 0.05) is 50.7 Å². The third-order valence-corrected chi connectivity index (χ3v) is 6.67. The Hall–Kier alpha value is -3.55. The molecule has 0 unspecified atom stereocenters. The highest BCUT2D eigenvalue weighted by atomic mass is 19.2. The molecule has 0 N–H and O–H groups in total. The molecule has 2 aliphatic carbocycles. The van der Waals surface area contributed by atoms with E-state index in [1.54, 1.807) is 55.4 Å². The summed E-state index contributed by atoms with van der Waals surface area (Å²) in [5.74, 6) is -7.16. The molecule has 1 aliphatic heterocycles. The van der Waals surface area contributed by atoms with Crippen molar-refractivity contribution in [2.24, 2.45) is 0 Å². The fraction of sp³-hybridized carbons (Fsp3) is 0.269. The highest BCUT2D eigenvalue weighted by Crippen LogP contribution is 2.66. The summed E-state index contributed by atoms with van der Waals surface area (Å²) in [5, 5.41) is 0. The van der Waals surface area contributed by atoms with Crippen LogP contribution in [0.5, 0.6) is 0 Å². The first-order valence-electron chi connectivity index (χ1n) is 10.7. The lowest BCUT2D eigenvalue weighted by molar-refractivity contribution is -0.196. The minimum absolute atomic E-state index is 0.153. The number of anilines is 2. The molecule has 0 amide bonds. The van der Waals surface area contributed by atoms with Crippen molar-refractivity contribution in [3.63, 3.8) is 0 Å². The number of fused-ring (bicyclic) bond motifs is 3. The maximum absolute atomic E-state index is 16.1. The SMILES string of the molecule is CN(C)c1ccc(C2=CC3=C(F)C(=O)[C@@]4(F)C(c5ccc(N(C)C)cc5)=C[C@@]4(F)[C@@]3(F)O2)cc1. The Morgan fingerprint density at radius 1 is 0.794 bits per heavy atom. The summed E-state index contributed by atoms with van der Waals surface area (Å²) in [6, 6.07) is 12.8. The van der Waals surface area contributed by atoms with Crippen molar-refractivity contribution in [3.8, 4) is 0 Å². The van der Waals surface area contributed by atoms with Crippen LogP contribution in [0.3, 0.4) is 0 Å². The van der Waals surface area contributed by atoms with E-state index in [0.717, 1.165) is 17.5 Å². The Morgan fingerprint density at radius 3 is 1.79 bits per heavy atom. The van der Waals surface area contributed by atoms with Crippen LogP contribution in [-0.4, -0.2) is 51.2 Å². The van der Waals surface area contributed by atoms with Gasteiger partial charge in [0.25, 0.3) is 0 Å². The van der Waals surface area contributed by atoms with Crippen LogP contribution in [0.15, 0.2) is 72.1 Å². The number of allylic oxidation sites excluding steroid dienone is 2. The summed E-state index contributed by atoms with van der Waals surface area (Å²) in [5.41, 5.74) is -6.36. The molecule has 2 aromatic rings. The highest BCUT2D eigenvalue weighted by Gasteiger charge is 2.83. The average Bonchev–Trinajstić information content (AvgIpc) is 3.19. The van der Waals surface area contributed by atoms with Gasteiger partial charge in [-0.05, 0) is 54.1 Å². The molecule has 1 heterocycles. The van der Waals surface area contributed by atoms with Gasteiger partial charge in [-0.2, -0.15) is 4.39 Å². The molecule has 4 nitrogen and oxygen atoms in total. The van der Waals surface area contributed by atoms with Crippen LogP contribution in [0.1, 0.15) is 11.1 Å². The van der Waals surface area contributed by atoms with Crippen molar-refractivity contribution in [2.75, 3.05) is 38.0 Å². The molecule has 0 saturated heterocycles. The predicted octanol–water partition coefficient (Wildman–Crippen LogP) is 5.18. The predicted molar refractivity (Wildman–Crippen MR) is 123 cm³/mol. The number of benzene rings is 2. The van der Waals surface area contributed by atoms with Crippen LogP contribution >= 0.6 is 0 Å². The fourth-order valence-corrected chi connectivity index (χ4v) is 4.61. The second kappa shape index (κ2) is 6.98. The third kappa shape index (κ3) is 2.62. The van der Waals surface area contributed by atoms with E-state index in [2.05, 4.69) is 0 Å². The van der Waals surface area contributed by atoms with Gasteiger partial charge in [-0.3, -0.25) is 4.79 Å². The smallest absolute Gasteiger partial charge is 0.318 e. The van der Waals surface area contributed by atoms with Gasteiger partial charge < -0.3 is 14.5 Å². The standard InChI is InChI=1S/C26H22F4N2O2/c1-31(2)17-9-5-15(6-10-17)20-14-24(28)25(20,29)23(33)22(27)19-13-21(34-26(19,24)30)16-7-11-18(12-8-16)32(3)4/h5-14H,1-4H3/t24-,25-,26-/m0/s1. The zero-order chi connectivity index (χ0) is 24.6. The first-order chi connectivity index (χ1) is 15.9.